The van der Waals surface area contributed by atoms with Crippen molar-refractivity contribution in [2.45, 2.75) is 19.9 Å². The van der Waals surface area contributed by atoms with Crippen molar-refractivity contribution in [3.63, 3.8) is 0 Å². The summed E-state index contributed by atoms with van der Waals surface area (Å²) in [5, 5.41) is 0. The van der Waals surface area contributed by atoms with Crippen molar-refractivity contribution in [2.75, 3.05) is 33.7 Å². The topological polar surface area (TPSA) is 23.6 Å². The second-order valence-corrected chi connectivity index (χ2v) is 3.37. The minimum Gasteiger partial charge on any atom is -0.308 e. The third kappa shape index (κ3) is 4.46. The van der Waals surface area contributed by atoms with Crippen molar-refractivity contribution >= 4 is 6.29 Å². The molecule has 3 nitrogen and oxygen atoms in total. The zero-order valence-electron chi connectivity index (χ0n) is 8.58. The minimum atomic E-state index is 0.454. The highest BCUT2D eigenvalue weighted by Crippen LogP contribution is 1.97. The Morgan fingerprint density at radius 3 is 2.33 bits per heavy atom. The highest BCUT2D eigenvalue weighted by atomic mass is 16.1. The van der Waals surface area contributed by atoms with Gasteiger partial charge in [-0.25, -0.2) is 0 Å². The molecule has 3 heteroatoms. The van der Waals surface area contributed by atoms with Crippen LogP contribution in [0.25, 0.3) is 0 Å². The van der Waals surface area contributed by atoms with Crippen LogP contribution in [-0.2, 0) is 4.79 Å². The van der Waals surface area contributed by atoms with Gasteiger partial charge in [0.1, 0.15) is 6.29 Å². The van der Waals surface area contributed by atoms with E-state index < -0.39 is 0 Å². The van der Waals surface area contributed by atoms with Gasteiger partial charge in [-0.1, -0.05) is 6.92 Å². The number of hydrogen-bond donors (Lipinski definition) is 0. The molecule has 0 saturated heterocycles. The highest BCUT2D eigenvalue weighted by Gasteiger charge is 2.11. The predicted molar refractivity (Wildman–Crippen MR) is 51.3 cm³/mol. The molecule has 0 amide bonds. The number of rotatable bonds is 6. The van der Waals surface area contributed by atoms with Crippen LogP contribution < -0.4 is 0 Å². The third-order valence-corrected chi connectivity index (χ3v) is 1.97. The Hall–Kier alpha value is -0.410. The molecule has 1 unspecified atom stereocenters. The molecule has 0 aliphatic carbocycles. The van der Waals surface area contributed by atoms with Crippen molar-refractivity contribution in [1.82, 2.24) is 9.80 Å². The standard InChI is InChI=1S/C9H20N2O/c1-5-11(6-7-12)9(2)8-10(3)4/h7,9H,5-6,8H2,1-4H3. The maximum Gasteiger partial charge on any atom is 0.133 e. The lowest BCUT2D eigenvalue weighted by Gasteiger charge is -2.27. The van der Waals surface area contributed by atoms with E-state index >= 15 is 0 Å². The summed E-state index contributed by atoms with van der Waals surface area (Å²) in [6.07, 6.45) is 0.968. The van der Waals surface area contributed by atoms with Crippen LogP contribution in [0.5, 0.6) is 0 Å². The van der Waals surface area contributed by atoms with Gasteiger partial charge in [0.2, 0.25) is 0 Å². The molecular formula is C9H20N2O. The molecule has 0 aliphatic rings. The Labute approximate surface area is 75.3 Å². The fraction of sp³-hybridized carbons (Fsp3) is 0.889. The quantitative estimate of drug-likeness (QED) is 0.544. The highest BCUT2D eigenvalue weighted by molar-refractivity contribution is 5.52. The number of likely N-dealkylation sites (N-methyl/N-ethyl adjacent to an activating group) is 2. The summed E-state index contributed by atoms with van der Waals surface area (Å²) >= 11 is 0. The lowest BCUT2D eigenvalue weighted by atomic mass is 10.2. The summed E-state index contributed by atoms with van der Waals surface area (Å²) in [6, 6.07) is 0.454. The Bertz CT molecular complexity index is 126. The number of aldehydes is 1. The van der Waals surface area contributed by atoms with Crippen LogP contribution in [-0.4, -0.2) is 55.9 Å². The van der Waals surface area contributed by atoms with Gasteiger partial charge in [0.05, 0.1) is 6.54 Å². The summed E-state index contributed by atoms with van der Waals surface area (Å²) in [7, 11) is 4.09. The first kappa shape index (κ1) is 11.6. The van der Waals surface area contributed by atoms with Gasteiger partial charge in [0.15, 0.2) is 0 Å². The number of carbonyl (C=O) groups excluding carboxylic acids is 1. The van der Waals surface area contributed by atoms with Gasteiger partial charge >= 0.3 is 0 Å². The molecule has 12 heavy (non-hydrogen) atoms. The molecule has 72 valence electrons. The molecule has 0 spiro atoms. The number of hydrogen-bond acceptors (Lipinski definition) is 3. The largest absolute Gasteiger partial charge is 0.308 e. The normalized spacial score (nSPS) is 13.8. The smallest absolute Gasteiger partial charge is 0.133 e. The summed E-state index contributed by atoms with van der Waals surface area (Å²) in [5.74, 6) is 0. The van der Waals surface area contributed by atoms with Gasteiger partial charge in [0.25, 0.3) is 0 Å². The van der Waals surface area contributed by atoms with Crippen LogP contribution in [0, 0.1) is 0 Å². The van der Waals surface area contributed by atoms with E-state index in [4.69, 9.17) is 0 Å². The van der Waals surface area contributed by atoms with Crippen LogP contribution in [0.3, 0.4) is 0 Å². The average Bonchev–Trinajstić information content (AvgIpc) is 1.98. The molecule has 0 aromatic heterocycles. The SMILES string of the molecule is CCN(CC=O)C(C)CN(C)C. The van der Waals surface area contributed by atoms with Crippen LogP contribution in [0.4, 0.5) is 0 Å². The van der Waals surface area contributed by atoms with Gasteiger partial charge < -0.3 is 9.69 Å². The lowest BCUT2D eigenvalue weighted by Crippen LogP contribution is -2.40. The van der Waals surface area contributed by atoms with Crippen molar-refractivity contribution in [2.24, 2.45) is 0 Å². The zero-order valence-corrected chi connectivity index (χ0v) is 8.58. The summed E-state index contributed by atoms with van der Waals surface area (Å²) < 4.78 is 0. The number of nitrogens with zero attached hydrogens (tertiary/aromatic N) is 2. The minimum absolute atomic E-state index is 0.454. The lowest BCUT2D eigenvalue weighted by molar-refractivity contribution is -0.109. The van der Waals surface area contributed by atoms with E-state index in [1.807, 2.05) is 14.1 Å². The Morgan fingerprint density at radius 1 is 1.42 bits per heavy atom. The fourth-order valence-electron chi connectivity index (χ4n) is 1.36. The second-order valence-electron chi connectivity index (χ2n) is 3.37. The molecule has 0 heterocycles. The monoisotopic (exact) mass is 172 g/mol. The Kier molecular flexibility index (Phi) is 5.93. The molecule has 0 rings (SSSR count). The maximum absolute atomic E-state index is 10.3. The first-order valence-electron chi connectivity index (χ1n) is 4.44. The molecule has 0 N–H and O–H groups in total. The van der Waals surface area contributed by atoms with E-state index in [0.29, 0.717) is 12.6 Å². The van der Waals surface area contributed by atoms with Gasteiger partial charge in [-0.15, -0.1) is 0 Å². The van der Waals surface area contributed by atoms with E-state index in [-0.39, 0.29) is 0 Å². The summed E-state index contributed by atoms with van der Waals surface area (Å²) in [4.78, 5) is 14.6. The maximum atomic E-state index is 10.3. The molecule has 0 bridgehead atoms. The van der Waals surface area contributed by atoms with E-state index in [0.717, 1.165) is 19.4 Å². The van der Waals surface area contributed by atoms with Crippen molar-refractivity contribution in [1.29, 1.82) is 0 Å². The molecule has 0 fully saturated rings. The molecule has 0 radical (unpaired) electrons. The average molecular weight is 172 g/mol. The molecular weight excluding hydrogens is 152 g/mol. The van der Waals surface area contributed by atoms with Gasteiger partial charge in [-0.3, -0.25) is 4.90 Å². The number of carbonyl (C=O) groups is 1. The second kappa shape index (κ2) is 6.14. The first-order chi connectivity index (χ1) is 5.61. The predicted octanol–water partition coefficient (Wildman–Crippen LogP) is 0.457. The van der Waals surface area contributed by atoms with Crippen molar-refractivity contribution in [3.8, 4) is 0 Å². The molecule has 0 aliphatic heterocycles. The summed E-state index contributed by atoms with van der Waals surface area (Å²) in [5.41, 5.74) is 0. The third-order valence-electron chi connectivity index (χ3n) is 1.97. The molecule has 0 saturated carbocycles. The Balaban J connectivity index is 3.83. The van der Waals surface area contributed by atoms with E-state index in [1.54, 1.807) is 0 Å². The van der Waals surface area contributed by atoms with E-state index in [2.05, 4.69) is 23.6 Å². The van der Waals surface area contributed by atoms with Crippen LogP contribution in [0.1, 0.15) is 13.8 Å². The van der Waals surface area contributed by atoms with Crippen LogP contribution in [0.15, 0.2) is 0 Å². The van der Waals surface area contributed by atoms with Crippen LogP contribution >= 0.6 is 0 Å². The zero-order chi connectivity index (χ0) is 9.56. The van der Waals surface area contributed by atoms with Crippen LogP contribution in [0.2, 0.25) is 0 Å². The molecule has 0 aromatic rings. The molecule has 0 aromatic carbocycles. The Morgan fingerprint density at radius 2 is 2.00 bits per heavy atom. The van der Waals surface area contributed by atoms with E-state index in [1.165, 1.54) is 0 Å². The summed E-state index contributed by atoms with van der Waals surface area (Å²) in [6.45, 7) is 6.71. The van der Waals surface area contributed by atoms with E-state index in [9.17, 15) is 4.79 Å². The van der Waals surface area contributed by atoms with Gasteiger partial charge in [-0.2, -0.15) is 0 Å². The van der Waals surface area contributed by atoms with Gasteiger partial charge in [0, 0.05) is 12.6 Å². The van der Waals surface area contributed by atoms with Gasteiger partial charge in [-0.05, 0) is 27.6 Å². The van der Waals surface area contributed by atoms with Crippen molar-refractivity contribution in [3.05, 3.63) is 0 Å². The molecule has 1 atom stereocenters. The fourth-order valence-corrected chi connectivity index (χ4v) is 1.36. The van der Waals surface area contributed by atoms with Crippen molar-refractivity contribution < 1.29 is 4.79 Å². The first-order valence-corrected chi connectivity index (χ1v) is 4.44.